The van der Waals surface area contributed by atoms with Crippen LogP contribution in [0.2, 0.25) is 0 Å². The van der Waals surface area contributed by atoms with E-state index in [1.54, 1.807) is 20.2 Å². The van der Waals surface area contributed by atoms with Gasteiger partial charge < -0.3 is 4.57 Å². The van der Waals surface area contributed by atoms with Gasteiger partial charge in [0.05, 0.1) is 6.33 Å². The predicted octanol–water partition coefficient (Wildman–Crippen LogP) is 0.0887. The highest BCUT2D eigenvalue weighted by atomic mass is 16.1. The van der Waals surface area contributed by atoms with Gasteiger partial charge in [-0.2, -0.15) is 0 Å². The molecule has 3 heteroatoms. The van der Waals surface area contributed by atoms with Crippen molar-refractivity contribution in [3.8, 4) is 0 Å². The fourth-order valence-electron chi connectivity index (χ4n) is 0.631. The van der Waals surface area contributed by atoms with Crippen molar-refractivity contribution in [2.45, 2.75) is 6.92 Å². The maximum atomic E-state index is 10.9. The SMILES string of the molecule is Cc1cncn(C)c1=O. The smallest absolute Gasteiger partial charge is 0.255 e. The zero-order valence-corrected chi connectivity index (χ0v) is 5.46. The molecule has 0 amide bonds. The Bertz CT molecular complexity index is 241. The van der Waals surface area contributed by atoms with E-state index in [4.69, 9.17) is 0 Å². The molecule has 0 aliphatic heterocycles. The van der Waals surface area contributed by atoms with E-state index in [-0.39, 0.29) is 5.56 Å². The largest absolute Gasteiger partial charge is 0.302 e. The molecule has 0 fully saturated rings. The van der Waals surface area contributed by atoms with Gasteiger partial charge in [-0.1, -0.05) is 0 Å². The van der Waals surface area contributed by atoms with Gasteiger partial charge in [-0.15, -0.1) is 0 Å². The van der Waals surface area contributed by atoms with E-state index in [9.17, 15) is 4.79 Å². The molecule has 0 bridgehead atoms. The molecular formula is C6H8N2O. The minimum atomic E-state index is 0.0185. The summed E-state index contributed by atoms with van der Waals surface area (Å²) in [6.07, 6.45) is 3.05. The van der Waals surface area contributed by atoms with Crippen LogP contribution in [0.4, 0.5) is 0 Å². The summed E-state index contributed by atoms with van der Waals surface area (Å²) >= 11 is 0. The summed E-state index contributed by atoms with van der Waals surface area (Å²) in [4.78, 5) is 14.7. The fourth-order valence-corrected chi connectivity index (χ4v) is 0.631. The zero-order valence-electron chi connectivity index (χ0n) is 5.46. The summed E-state index contributed by atoms with van der Waals surface area (Å²) in [7, 11) is 1.68. The molecule has 48 valence electrons. The van der Waals surface area contributed by atoms with E-state index >= 15 is 0 Å². The Balaban J connectivity index is 3.43. The van der Waals surface area contributed by atoms with Crippen LogP contribution in [0.25, 0.3) is 0 Å². The van der Waals surface area contributed by atoms with Gasteiger partial charge in [-0.05, 0) is 6.92 Å². The van der Waals surface area contributed by atoms with Crippen LogP contribution in [0.5, 0.6) is 0 Å². The molecule has 0 atom stereocenters. The standard InChI is InChI=1S/C6H8N2O/c1-5-3-7-4-8(2)6(5)9/h3-4H,1-2H3. The first kappa shape index (κ1) is 6.01. The predicted molar refractivity (Wildman–Crippen MR) is 34.2 cm³/mol. The lowest BCUT2D eigenvalue weighted by Gasteiger charge is -1.93. The Morgan fingerprint density at radius 1 is 1.67 bits per heavy atom. The molecule has 1 heterocycles. The molecule has 1 rings (SSSR count). The van der Waals surface area contributed by atoms with E-state index in [2.05, 4.69) is 4.98 Å². The Kier molecular flexibility index (Phi) is 1.34. The molecule has 0 aromatic carbocycles. The van der Waals surface area contributed by atoms with Crippen LogP contribution >= 0.6 is 0 Å². The van der Waals surface area contributed by atoms with Crippen molar-refractivity contribution in [3.63, 3.8) is 0 Å². The molecule has 0 radical (unpaired) electrons. The van der Waals surface area contributed by atoms with Crippen LogP contribution in [0.1, 0.15) is 5.56 Å². The number of hydrogen-bond acceptors (Lipinski definition) is 2. The molecule has 0 aliphatic rings. The second-order valence-electron chi connectivity index (χ2n) is 1.99. The van der Waals surface area contributed by atoms with Gasteiger partial charge in [0.2, 0.25) is 0 Å². The summed E-state index contributed by atoms with van der Waals surface area (Å²) < 4.78 is 1.45. The number of rotatable bonds is 0. The van der Waals surface area contributed by atoms with E-state index in [1.165, 1.54) is 10.9 Å². The van der Waals surface area contributed by atoms with Crippen molar-refractivity contribution >= 4 is 0 Å². The zero-order chi connectivity index (χ0) is 6.85. The Labute approximate surface area is 53.0 Å². The average molecular weight is 124 g/mol. The highest BCUT2D eigenvalue weighted by Crippen LogP contribution is 1.79. The Hall–Kier alpha value is -1.12. The molecule has 9 heavy (non-hydrogen) atoms. The summed E-state index contributed by atoms with van der Waals surface area (Å²) in [5, 5.41) is 0. The summed E-state index contributed by atoms with van der Waals surface area (Å²) in [6, 6.07) is 0. The number of nitrogens with zero attached hydrogens (tertiary/aromatic N) is 2. The first-order valence-electron chi connectivity index (χ1n) is 2.69. The van der Waals surface area contributed by atoms with E-state index in [1.807, 2.05) is 0 Å². The van der Waals surface area contributed by atoms with Gasteiger partial charge in [0.25, 0.3) is 5.56 Å². The van der Waals surface area contributed by atoms with Crippen molar-refractivity contribution in [3.05, 3.63) is 28.4 Å². The van der Waals surface area contributed by atoms with Crippen molar-refractivity contribution in [2.75, 3.05) is 0 Å². The third kappa shape index (κ3) is 0.988. The van der Waals surface area contributed by atoms with Crippen molar-refractivity contribution < 1.29 is 0 Å². The van der Waals surface area contributed by atoms with Crippen LogP contribution in [-0.2, 0) is 7.05 Å². The van der Waals surface area contributed by atoms with Crippen LogP contribution in [-0.4, -0.2) is 9.55 Å². The van der Waals surface area contributed by atoms with Crippen molar-refractivity contribution in [1.29, 1.82) is 0 Å². The van der Waals surface area contributed by atoms with E-state index < -0.39 is 0 Å². The quantitative estimate of drug-likeness (QED) is 0.491. The van der Waals surface area contributed by atoms with Crippen LogP contribution in [0, 0.1) is 6.92 Å². The number of hydrogen-bond donors (Lipinski definition) is 0. The fraction of sp³-hybridized carbons (Fsp3) is 0.333. The Morgan fingerprint density at radius 2 is 2.33 bits per heavy atom. The van der Waals surface area contributed by atoms with E-state index in [0.717, 1.165) is 0 Å². The third-order valence-electron chi connectivity index (χ3n) is 1.17. The molecule has 0 saturated carbocycles. The van der Waals surface area contributed by atoms with Crippen molar-refractivity contribution in [1.82, 2.24) is 9.55 Å². The highest BCUT2D eigenvalue weighted by molar-refractivity contribution is 4.99. The van der Waals surface area contributed by atoms with Gasteiger partial charge >= 0.3 is 0 Å². The van der Waals surface area contributed by atoms with Crippen LogP contribution in [0.15, 0.2) is 17.3 Å². The first-order valence-corrected chi connectivity index (χ1v) is 2.69. The third-order valence-corrected chi connectivity index (χ3v) is 1.17. The van der Waals surface area contributed by atoms with Crippen LogP contribution in [0.3, 0.4) is 0 Å². The van der Waals surface area contributed by atoms with Gasteiger partial charge in [0, 0.05) is 18.8 Å². The van der Waals surface area contributed by atoms with Gasteiger partial charge in [0.1, 0.15) is 0 Å². The van der Waals surface area contributed by atoms with E-state index in [0.29, 0.717) is 5.56 Å². The molecule has 0 N–H and O–H groups in total. The summed E-state index contributed by atoms with van der Waals surface area (Å²) in [5.41, 5.74) is 0.699. The van der Waals surface area contributed by atoms with Crippen molar-refractivity contribution in [2.24, 2.45) is 7.05 Å². The minimum Gasteiger partial charge on any atom is -0.302 e. The lowest BCUT2D eigenvalue weighted by atomic mass is 10.4. The lowest BCUT2D eigenvalue weighted by molar-refractivity contribution is 0.811. The van der Waals surface area contributed by atoms with Gasteiger partial charge in [0.15, 0.2) is 0 Å². The monoisotopic (exact) mass is 124 g/mol. The van der Waals surface area contributed by atoms with Crippen LogP contribution < -0.4 is 5.56 Å². The summed E-state index contributed by atoms with van der Waals surface area (Å²) in [6.45, 7) is 1.75. The lowest BCUT2D eigenvalue weighted by Crippen LogP contribution is -2.18. The first-order chi connectivity index (χ1) is 4.22. The molecule has 0 unspecified atom stereocenters. The molecule has 1 aromatic rings. The second-order valence-corrected chi connectivity index (χ2v) is 1.99. The Morgan fingerprint density at radius 3 is 2.78 bits per heavy atom. The molecule has 3 nitrogen and oxygen atoms in total. The average Bonchev–Trinajstić information content (AvgIpc) is 1.83. The molecule has 1 aromatic heterocycles. The topological polar surface area (TPSA) is 34.9 Å². The minimum absolute atomic E-state index is 0.0185. The maximum Gasteiger partial charge on any atom is 0.255 e. The maximum absolute atomic E-state index is 10.9. The summed E-state index contributed by atoms with van der Waals surface area (Å²) in [5.74, 6) is 0. The normalized spacial score (nSPS) is 9.56. The van der Waals surface area contributed by atoms with Gasteiger partial charge in [-0.25, -0.2) is 4.98 Å². The second kappa shape index (κ2) is 2.01. The number of aromatic nitrogens is 2. The molecule has 0 saturated heterocycles. The molecule has 0 spiro atoms. The highest BCUT2D eigenvalue weighted by Gasteiger charge is 1.91. The molecular weight excluding hydrogens is 116 g/mol. The van der Waals surface area contributed by atoms with Gasteiger partial charge in [-0.3, -0.25) is 4.79 Å². The molecule has 0 aliphatic carbocycles. The number of aryl methyl sites for hydroxylation is 2.